The third-order valence-electron chi connectivity index (χ3n) is 3.94. The quantitative estimate of drug-likeness (QED) is 0.877. The number of hydrogen-bond donors (Lipinski definition) is 1. The molecule has 1 unspecified atom stereocenters. The minimum atomic E-state index is -0.146. The Morgan fingerprint density at radius 2 is 1.83 bits per heavy atom. The molecule has 0 heterocycles. The van der Waals surface area contributed by atoms with Crippen molar-refractivity contribution in [1.82, 2.24) is 0 Å². The van der Waals surface area contributed by atoms with Crippen LogP contribution < -0.4 is 10.5 Å². The molecule has 18 heavy (non-hydrogen) atoms. The Hall–Kier alpha value is -1.02. The monoisotopic (exact) mass is 247 g/mol. The van der Waals surface area contributed by atoms with E-state index in [2.05, 4.69) is 32.9 Å². The lowest BCUT2D eigenvalue weighted by molar-refractivity contribution is 0.316. The van der Waals surface area contributed by atoms with E-state index in [0.717, 1.165) is 31.6 Å². The van der Waals surface area contributed by atoms with Gasteiger partial charge in [0.15, 0.2) is 0 Å². The molecule has 1 aromatic carbocycles. The maximum absolute atomic E-state index is 6.57. The van der Waals surface area contributed by atoms with Gasteiger partial charge >= 0.3 is 0 Å². The predicted molar refractivity (Wildman–Crippen MR) is 75.7 cm³/mol. The van der Waals surface area contributed by atoms with Crippen LogP contribution in [0.2, 0.25) is 0 Å². The topological polar surface area (TPSA) is 35.2 Å². The van der Waals surface area contributed by atoms with Gasteiger partial charge < -0.3 is 10.5 Å². The average molecular weight is 247 g/mol. The SMILES string of the molecule is CCCOc1ccc(C2(N)CCC(C)(C)C2)cc1. The molecule has 100 valence electrons. The molecule has 0 aliphatic heterocycles. The van der Waals surface area contributed by atoms with Crippen LogP contribution in [0.1, 0.15) is 52.0 Å². The molecule has 0 amide bonds. The van der Waals surface area contributed by atoms with Crippen molar-refractivity contribution in [3.05, 3.63) is 29.8 Å². The maximum atomic E-state index is 6.57. The lowest BCUT2D eigenvalue weighted by atomic mass is 9.84. The summed E-state index contributed by atoms with van der Waals surface area (Å²) in [7, 11) is 0. The van der Waals surface area contributed by atoms with E-state index in [-0.39, 0.29) is 5.54 Å². The van der Waals surface area contributed by atoms with Crippen molar-refractivity contribution in [3.63, 3.8) is 0 Å². The lowest BCUT2D eigenvalue weighted by Gasteiger charge is -2.27. The molecule has 1 aliphatic rings. The summed E-state index contributed by atoms with van der Waals surface area (Å²) >= 11 is 0. The van der Waals surface area contributed by atoms with E-state index >= 15 is 0 Å². The Balaban J connectivity index is 2.10. The highest BCUT2D eigenvalue weighted by atomic mass is 16.5. The summed E-state index contributed by atoms with van der Waals surface area (Å²) in [5, 5.41) is 0. The Labute approximate surface area is 111 Å². The highest BCUT2D eigenvalue weighted by molar-refractivity contribution is 5.32. The standard InChI is InChI=1S/C16H25NO/c1-4-11-18-14-7-5-13(6-8-14)16(17)10-9-15(2,3)12-16/h5-8H,4,9-12,17H2,1-3H3. The molecule has 1 atom stereocenters. The van der Waals surface area contributed by atoms with E-state index in [1.807, 2.05) is 12.1 Å². The molecule has 2 rings (SSSR count). The fourth-order valence-corrected chi connectivity index (χ4v) is 2.94. The zero-order valence-corrected chi connectivity index (χ0v) is 11.8. The van der Waals surface area contributed by atoms with E-state index in [4.69, 9.17) is 10.5 Å². The van der Waals surface area contributed by atoms with Crippen molar-refractivity contribution in [1.29, 1.82) is 0 Å². The first-order valence-electron chi connectivity index (χ1n) is 6.97. The molecule has 0 radical (unpaired) electrons. The second-order valence-electron chi connectivity index (χ2n) is 6.37. The van der Waals surface area contributed by atoms with Gasteiger partial charge in [-0.3, -0.25) is 0 Å². The van der Waals surface area contributed by atoms with E-state index < -0.39 is 0 Å². The minimum absolute atomic E-state index is 0.146. The number of benzene rings is 1. The largest absolute Gasteiger partial charge is 0.494 e. The first-order valence-corrected chi connectivity index (χ1v) is 6.97. The molecule has 2 nitrogen and oxygen atoms in total. The Bertz CT molecular complexity index is 396. The highest BCUT2D eigenvalue weighted by Gasteiger charge is 2.41. The van der Waals surface area contributed by atoms with Crippen LogP contribution in [0.15, 0.2) is 24.3 Å². The van der Waals surface area contributed by atoms with Gasteiger partial charge in [0.05, 0.1) is 6.61 Å². The smallest absolute Gasteiger partial charge is 0.119 e. The number of hydrogen-bond acceptors (Lipinski definition) is 2. The van der Waals surface area contributed by atoms with Crippen molar-refractivity contribution in [2.75, 3.05) is 6.61 Å². The maximum Gasteiger partial charge on any atom is 0.119 e. The fraction of sp³-hybridized carbons (Fsp3) is 0.625. The van der Waals surface area contributed by atoms with Crippen LogP contribution in [0.5, 0.6) is 5.75 Å². The van der Waals surface area contributed by atoms with Gasteiger partial charge in [0, 0.05) is 5.54 Å². The van der Waals surface area contributed by atoms with Crippen LogP contribution in [-0.4, -0.2) is 6.61 Å². The first-order chi connectivity index (χ1) is 8.45. The molecule has 1 aromatic rings. The van der Waals surface area contributed by atoms with Gasteiger partial charge in [-0.2, -0.15) is 0 Å². The molecule has 1 aliphatic carbocycles. The van der Waals surface area contributed by atoms with E-state index in [1.165, 1.54) is 12.0 Å². The van der Waals surface area contributed by atoms with Gasteiger partial charge in [0.1, 0.15) is 5.75 Å². The molecule has 1 fully saturated rings. The summed E-state index contributed by atoms with van der Waals surface area (Å²) in [6.07, 6.45) is 4.39. The minimum Gasteiger partial charge on any atom is -0.494 e. The molecule has 2 N–H and O–H groups in total. The summed E-state index contributed by atoms with van der Waals surface area (Å²) in [5.41, 5.74) is 8.03. The Kier molecular flexibility index (Phi) is 3.67. The van der Waals surface area contributed by atoms with E-state index in [9.17, 15) is 0 Å². The second kappa shape index (κ2) is 4.93. The molecular weight excluding hydrogens is 222 g/mol. The van der Waals surface area contributed by atoms with Gasteiger partial charge in [0.25, 0.3) is 0 Å². The number of ether oxygens (including phenoxy) is 1. The zero-order valence-electron chi connectivity index (χ0n) is 11.8. The Morgan fingerprint density at radius 1 is 1.17 bits per heavy atom. The predicted octanol–water partition coefficient (Wildman–Crippen LogP) is 3.84. The zero-order chi connectivity index (χ0) is 13.2. The van der Waals surface area contributed by atoms with Crippen molar-refractivity contribution in [3.8, 4) is 5.75 Å². The second-order valence-corrected chi connectivity index (χ2v) is 6.37. The van der Waals surface area contributed by atoms with Gasteiger partial charge in [0.2, 0.25) is 0 Å². The average Bonchev–Trinajstić information content (AvgIpc) is 2.63. The first kappa shape index (κ1) is 13.4. The molecule has 0 aromatic heterocycles. The third kappa shape index (κ3) is 2.86. The number of nitrogens with two attached hydrogens (primary N) is 1. The van der Waals surface area contributed by atoms with E-state index in [1.54, 1.807) is 0 Å². The van der Waals surface area contributed by atoms with Crippen LogP contribution >= 0.6 is 0 Å². The van der Waals surface area contributed by atoms with Crippen LogP contribution in [0.25, 0.3) is 0 Å². The van der Waals surface area contributed by atoms with Gasteiger partial charge in [-0.15, -0.1) is 0 Å². The fourth-order valence-electron chi connectivity index (χ4n) is 2.94. The molecular formula is C16H25NO. The molecule has 0 bridgehead atoms. The molecule has 0 spiro atoms. The third-order valence-corrected chi connectivity index (χ3v) is 3.94. The van der Waals surface area contributed by atoms with Crippen LogP contribution in [0.3, 0.4) is 0 Å². The van der Waals surface area contributed by atoms with Crippen LogP contribution in [0.4, 0.5) is 0 Å². The Morgan fingerprint density at radius 3 is 2.33 bits per heavy atom. The molecule has 1 saturated carbocycles. The summed E-state index contributed by atoms with van der Waals surface area (Å²) in [6.45, 7) is 7.50. The highest BCUT2D eigenvalue weighted by Crippen LogP contribution is 2.47. The van der Waals surface area contributed by atoms with E-state index in [0.29, 0.717) is 5.41 Å². The van der Waals surface area contributed by atoms with Gasteiger partial charge in [-0.05, 0) is 48.8 Å². The van der Waals surface area contributed by atoms with Crippen molar-refractivity contribution >= 4 is 0 Å². The van der Waals surface area contributed by atoms with Gasteiger partial charge in [-0.1, -0.05) is 32.9 Å². The molecule has 2 heteroatoms. The van der Waals surface area contributed by atoms with Gasteiger partial charge in [-0.25, -0.2) is 0 Å². The summed E-state index contributed by atoms with van der Waals surface area (Å²) in [6, 6.07) is 8.36. The van der Waals surface area contributed by atoms with Crippen molar-refractivity contribution in [2.24, 2.45) is 11.1 Å². The van der Waals surface area contributed by atoms with Crippen LogP contribution in [-0.2, 0) is 5.54 Å². The lowest BCUT2D eigenvalue weighted by Crippen LogP contribution is -2.34. The summed E-state index contributed by atoms with van der Waals surface area (Å²) in [4.78, 5) is 0. The molecule has 0 saturated heterocycles. The van der Waals surface area contributed by atoms with Crippen molar-refractivity contribution in [2.45, 2.75) is 52.0 Å². The summed E-state index contributed by atoms with van der Waals surface area (Å²) in [5.74, 6) is 0.946. The van der Waals surface area contributed by atoms with Crippen LogP contribution in [0, 0.1) is 5.41 Å². The number of rotatable bonds is 4. The summed E-state index contributed by atoms with van der Waals surface area (Å²) < 4.78 is 5.61. The normalized spacial score (nSPS) is 26.2. The van der Waals surface area contributed by atoms with Crippen molar-refractivity contribution < 1.29 is 4.74 Å².